The van der Waals surface area contributed by atoms with Crippen LogP contribution in [0.25, 0.3) is 0 Å². The number of ether oxygens (including phenoxy) is 1. The third kappa shape index (κ3) is 6.46. The van der Waals surface area contributed by atoms with Gasteiger partial charge in [0, 0.05) is 38.7 Å². The van der Waals surface area contributed by atoms with Crippen molar-refractivity contribution in [2.75, 3.05) is 40.4 Å². The molecule has 0 aromatic carbocycles. The van der Waals surface area contributed by atoms with E-state index in [2.05, 4.69) is 15.6 Å². The van der Waals surface area contributed by atoms with Gasteiger partial charge in [0.25, 0.3) is 10.0 Å². The lowest BCUT2D eigenvalue weighted by atomic mass is 10.5. The van der Waals surface area contributed by atoms with E-state index in [1.54, 1.807) is 12.1 Å². The smallest absolute Gasteiger partial charge is 0.252 e. The average molecular weight is 363 g/mol. The predicted octanol–water partition coefficient (Wildman–Crippen LogP) is 1.09. The van der Waals surface area contributed by atoms with Crippen LogP contribution in [0.1, 0.15) is 18.7 Å². The summed E-state index contributed by atoms with van der Waals surface area (Å²) in [5, 5.41) is 6.32. The van der Waals surface area contributed by atoms with E-state index in [0.29, 0.717) is 36.5 Å². The summed E-state index contributed by atoms with van der Waals surface area (Å²) in [4.78, 5) is 5.36. The minimum absolute atomic E-state index is 0.335. The molecule has 0 atom stereocenters. The summed E-state index contributed by atoms with van der Waals surface area (Å²) in [7, 11) is -0.317. The topological polar surface area (TPSA) is 83.0 Å². The molecule has 7 nitrogen and oxygen atoms in total. The number of rotatable bonds is 9. The van der Waals surface area contributed by atoms with E-state index in [1.165, 1.54) is 29.7 Å². The second-order valence-electron chi connectivity index (χ2n) is 4.83. The maximum absolute atomic E-state index is 12.1. The van der Waals surface area contributed by atoms with Gasteiger partial charge in [-0.2, -0.15) is 0 Å². The van der Waals surface area contributed by atoms with E-state index in [4.69, 9.17) is 4.74 Å². The Morgan fingerprint density at radius 1 is 1.30 bits per heavy atom. The monoisotopic (exact) mass is 362 g/mol. The van der Waals surface area contributed by atoms with Crippen molar-refractivity contribution in [3.8, 4) is 0 Å². The van der Waals surface area contributed by atoms with Crippen LogP contribution in [0.15, 0.2) is 21.3 Å². The lowest BCUT2D eigenvalue weighted by molar-refractivity contribution is 0.152. The van der Waals surface area contributed by atoms with E-state index in [9.17, 15) is 8.42 Å². The molecule has 0 amide bonds. The molecular weight excluding hydrogens is 336 g/mol. The first kappa shape index (κ1) is 19.9. The molecule has 0 saturated carbocycles. The molecule has 0 saturated heterocycles. The molecule has 0 aliphatic rings. The van der Waals surface area contributed by atoms with Crippen LogP contribution in [0.3, 0.4) is 0 Å². The summed E-state index contributed by atoms with van der Waals surface area (Å²) in [5.74, 6) is 0.692. The van der Waals surface area contributed by atoms with Crippen molar-refractivity contribution in [2.24, 2.45) is 4.99 Å². The van der Waals surface area contributed by atoms with Crippen molar-refractivity contribution in [3.63, 3.8) is 0 Å². The molecule has 0 aliphatic carbocycles. The molecule has 1 heterocycles. The molecule has 1 rings (SSSR count). The fourth-order valence-corrected chi connectivity index (χ4v) is 4.10. The van der Waals surface area contributed by atoms with Gasteiger partial charge in [0.15, 0.2) is 5.96 Å². The van der Waals surface area contributed by atoms with Crippen LogP contribution in [0.2, 0.25) is 0 Å². The lowest BCUT2D eigenvalue weighted by Gasteiger charge is -2.10. The summed E-state index contributed by atoms with van der Waals surface area (Å²) < 4.78 is 30.9. The van der Waals surface area contributed by atoms with Crippen LogP contribution < -0.4 is 10.6 Å². The highest BCUT2D eigenvalue weighted by molar-refractivity contribution is 7.91. The van der Waals surface area contributed by atoms with Gasteiger partial charge in [0.05, 0.1) is 13.2 Å². The van der Waals surface area contributed by atoms with E-state index in [0.717, 1.165) is 11.4 Å². The quantitative estimate of drug-likeness (QED) is 0.390. The van der Waals surface area contributed by atoms with Gasteiger partial charge in [-0.25, -0.2) is 17.7 Å². The summed E-state index contributed by atoms with van der Waals surface area (Å²) in [6.07, 6.45) is 0. The summed E-state index contributed by atoms with van der Waals surface area (Å²) in [6.45, 7) is 7.11. The summed E-state index contributed by atoms with van der Waals surface area (Å²) in [6, 6.07) is 3.43. The van der Waals surface area contributed by atoms with Crippen LogP contribution in [0.5, 0.6) is 0 Å². The number of hydrogen-bond donors (Lipinski definition) is 2. The van der Waals surface area contributed by atoms with Crippen molar-refractivity contribution in [1.82, 2.24) is 14.9 Å². The average Bonchev–Trinajstić information content (AvgIpc) is 2.98. The molecule has 0 spiro atoms. The lowest BCUT2D eigenvalue weighted by Crippen LogP contribution is -2.38. The summed E-state index contributed by atoms with van der Waals surface area (Å²) >= 11 is 1.24. The highest BCUT2D eigenvalue weighted by atomic mass is 32.2. The van der Waals surface area contributed by atoms with Gasteiger partial charge in [-0.05, 0) is 26.0 Å². The van der Waals surface area contributed by atoms with Gasteiger partial charge in [-0.15, -0.1) is 11.3 Å². The Kier molecular flexibility index (Phi) is 8.53. The molecule has 9 heteroatoms. The molecule has 1 aromatic heterocycles. The number of sulfonamides is 1. The van der Waals surface area contributed by atoms with Gasteiger partial charge >= 0.3 is 0 Å². The maximum Gasteiger partial charge on any atom is 0.252 e. The second kappa shape index (κ2) is 9.86. The summed E-state index contributed by atoms with van der Waals surface area (Å²) in [5.41, 5.74) is 0. The van der Waals surface area contributed by atoms with Crippen molar-refractivity contribution >= 4 is 27.3 Å². The number of thiophene rings is 1. The van der Waals surface area contributed by atoms with Gasteiger partial charge in [-0.3, -0.25) is 0 Å². The molecule has 0 radical (unpaired) electrons. The van der Waals surface area contributed by atoms with E-state index in [-0.39, 0.29) is 0 Å². The van der Waals surface area contributed by atoms with E-state index < -0.39 is 10.0 Å². The number of hydrogen-bond acceptors (Lipinski definition) is 5. The second-order valence-corrected chi connectivity index (χ2v) is 8.37. The fourth-order valence-electron chi connectivity index (χ4n) is 1.65. The third-order valence-corrected chi connectivity index (χ3v) is 6.20. The van der Waals surface area contributed by atoms with Crippen molar-refractivity contribution < 1.29 is 13.2 Å². The van der Waals surface area contributed by atoms with Crippen LogP contribution in [-0.2, 0) is 21.3 Å². The highest BCUT2D eigenvalue weighted by Crippen LogP contribution is 2.24. The van der Waals surface area contributed by atoms with Crippen LogP contribution >= 0.6 is 11.3 Å². The first-order chi connectivity index (χ1) is 10.9. The number of nitrogens with zero attached hydrogens (tertiary/aromatic N) is 2. The first-order valence-corrected chi connectivity index (χ1v) is 9.78. The Balaban J connectivity index is 2.67. The van der Waals surface area contributed by atoms with Crippen molar-refractivity contribution in [1.29, 1.82) is 0 Å². The standard InChI is InChI=1S/C14H26N4O3S2/c1-5-15-14(16-9-10-21-6-2)17-11-12-7-8-13(22-12)23(19,20)18(3)4/h7-8H,5-6,9-11H2,1-4H3,(H2,15,16,17). The first-order valence-electron chi connectivity index (χ1n) is 7.53. The van der Waals surface area contributed by atoms with Crippen LogP contribution in [-0.4, -0.2) is 59.1 Å². The Hall–Kier alpha value is -1.16. The Labute approximate surface area is 142 Å². The zero-order valence-corrected chi connectivity index (χ0v) is 15.8. The van der Waals surface area contributed by atoms with Gasteiger partial charge in [0.1, 0.15) is 4.21 Å². The molecule has 0 unspecified atom stereocenters. The molecule has 0 fully saturated rings. The molecular formula is C14H26N4O3S2. The zero-order valence-electron chi connectivity index (χ0n) is 14.1. The number of aliphatic imine (C=N–C) groups is 1. The third-order valence-electron chi connectivity index (χ3n) is 2.85. The fraction of sp³-hybridized carbons (Fsp3) is 0.643. The minimum Gasteiger partial charge on any atom is -0.380 e. The Morgan fingerprint density at radius 3 is 2.65 bits per heavy atom. The van der Waals surface area contributed by atoms with Gasteiger partial charge < -0.3 is 15.4 Å². The Bertz CT molecular complexity index is 597. The molecule has 0 bridgehead atoms. The van der Waals surface area contributed by atoms with Crippen molar-refractivity contribution in [2.45, 2.75) is 24.6 Å². The molecule has 0 aliphatic heterocycles. The predicted molar refractivity (Wildman–Crippen MR) is 94.5 cm³/mol. The van der Waals surface area contributed by atoms with Crippen molar-refractivity contribution in [3.05, 3.63) is 17.0 Å². The van der Waals surface area contributed by atoms with Crippen LogP contribution in [0, 0.1) is 0 Å². The molecule has 1 aromatic rings. The molecule has 2 N–H and O–H groups in total. The highest BCUT2D eigenvalue weighted by Gasteiger charge is 2.19. The largest absolute Gasteiger partial charge is 0.380 e. The number of guanidine groups is 1. The SMILES string of the molecule is CCNC(=NCc1ccc(S(=O)(=O)N(C)C)s1)NCCOCC. The normalized spacial score (nSPS) is 12.7. The van der Waals surface area contributed by atoms with Gasteiger partial charge in [0.2, 0.25) is 0 Å². The van der Waals surface area contributed by atoms with E-state index in [1.807, 2.05) is 13.8 Å². The minimum atomic E-state index is -3.37. The number of nitrogens with one attached hydrogen (secondary N) is 2. The Morgan fingerprint density at radius 2 is 2.04 bits per heavy atom. The maximum atomic E-state index is 12.1. The zero-order chi connectivity index (χ0) is 17.3. The van der Waals surface area contributed by atoms with Crippen LogP contribution in [0.4, 0.5) is 0 Å². The van der Waals surface area contributed by atoms with E-state index >= 15 is 0 Å². The molecule has 23 heavy (non-hydrogen) atoms. The molecule has 132 valence electrons. The van der Waals surface area contributed by atoms with Gasteiger partial charge in [-0.1, -0.05) is 0 Å².